The van der Waals surface area contributed by atoms with Gasteiger partial charge in [-0.1, -0.05) is 24.3 Å². The van der Waals surface area contributed by atoms with E-state index in [-0.39, 0.29) is 23.6 Å². The van der Waals surface area contributed by atoms with Gasteiger partial charge in [0, 0.05) is 6.54 Å². The van der Waals surface area contributed by atoms with E-state index in [1.165, 1.54) is 50.7 Å². The Morgan fingerprint density at radius 3 is 2.25 bits per heavy atom. The molecule has 2 aromatic rings. The summed E-state index contributed by atoms with van der Waals surface area (Å²) in [6.07, 6.45) is 7.81. The van der Waals surface area contributed by atoms with Crippen LogP contribution in [-0.4, -0.2) is 25.0 Å². The van der Waals surface area contributed by atoms with E-state index in [1.54, 1.807) is 36.4 Å². The van der Waals surface area contributed by atoms with Crippen LogP contribution in [0.15, 0.2) is 48.5 Å². The number of halogens is 1. The molecular weight excluding hydrogens is 407 g/mol. The molecule has 2 aromatic carbocycles. The molecular formula is C26H29FN2O3. The lowest BCUT2D eigenvalue weighted by Gasteiger charge is -2.56. The number of carbonyl (C=O) groups excluding carboxylic acids is 2. The highest BCUT2D eigenvalue weighted by Crippen LogP contribution is 2.59. The fraction of sp³-hybridized carbons (Fsp3) is 0.462. The topological polar surface area (TPSA) is 67.4 Å². The molecule has 4 bridgehead atoms. The summed E-state index contributed by atoms with van der Waals surface area (Å²) in [5.41, 5.74) is 0.762. The molecule has 0 saturated heterocycles. The summed E-state index contributed by atoms with van der Waals surface area (Å²) in [4.78, 5) is 25.2. The molecule has 4 fully saturated rings. The number of amides is 2. The van der Waals surface area contributed by atoms with Gasteiger partial charge < -0.3 is 15.4 Å². The van der Waals surface area contributed by atoms with Crippen molar-refractivity contribution in [2.24, 2.45) is 23.2 Å². The summed E-state index contributed by atoms with van der Waals surface area (Å²) in [5.74, 6) is 1.68. The third-order valence-corrected chi connectivity index (χ3v) is 7.43. The Bertz CT molecular complexity index is 986. The Kier molecular flexibility index (Phi) is 5.62. The highest BCUT2D eigenvalue weighted by molar-refractivity contribution is 5.97. The van der Waals surface area contributed by atoms with Crippen LogP contribution in [0.2, 0.25) is 0 Å². The molecule has 0 heterocycles. The van der Waals surface area contributed by atoms with Crippen LogP contribution in [0.4, 0.5) is 10.1 Å². The zero-order valence-corrected chi connectivity index (χ0v) is 18.1. The van der Waals surface area contributed by atoms with E-state index in [4.69, 9.17) is 4.74 Å². The second kappa shape index (κ2) is 8.57. The molecule has 0 aliphatic heterocycles. The second-order valence-electron chi connectivity index (χ2n) is 9.91. The fourth-order valence-corrected chi connectivity index (χ4v) is 6.54. The SMILES string of the molecule is O=C(COc1ccccc1C(=O)NCC12CC3CC(CC(C3)C1)C2)Nc1ccccc1F. The molecule has 6 rings (SSSR count). The molecule has 0 atom stereocenters. The van der Waals surface area contributed by atoms with Crippen molar-refractivity contribution in [3.8, 4) is 5.75 Å². The number of ether oxygens (including phenoxy) is 1. The predicted molar refractivity (Wildman–Crippen MR) is 120 cm³/mol. The minimum absolute atomic E-state index is 0.0997. The standard InChI is InChI=1S/C26H29FN2O3/c27-21-6-2-3-7-22(21)29-24(30)15-32-23-8-4-1-5-20(23)25(31)28-16-26-12-17-9-18(13-26)11-19(10-17)14-26/h1-8,17-19H,9-16H2,(H,28,31)(H,29,30). The lowest BCUT2D eigenvalue weighted by molar-refractivity contribution is -0.118. The maximum Gasteiger partial charge on any atom is 0.262 e. The van der Waals surface area contributed by atoms with E-state index in [9.17, 15) is 14.0 Å². The Morgan fingerprint density at radius 1 is 0.938 bits per heavy atom. The minimum atomic E-state index is -0.509. The number of hydrogen-bond donors (Lipinski definition) is 2. The predicted octanol–water partition coefficient (Wildman–Crippen LogP) is 4.79. The monoisotopic (exact) mass is 436 g/mol. The van der Waals surface area contributed by atoms with Gasteiger partial charge >= 0.3 is 0 Å². The smallest absolute Gasteiger partial charge is 0.262 e. The summed E-state index contributed by atoms with van der Waals surface area (Å²) in [6.45, 7) is 0.394. The molecule has 5 nitrogen and oxygen atoms in total. The Balaban J connectivity index is 1.19. The van der Waals surface area contributed by atoms with E-state index in [0.717, 1.165) is 17.8 Å². The number of rotatable bonds is 7. The maximum atomic E-state index is 13.7. The normalized spacial score (nSPS) is 27.7. The van der Waals surface area contributed by atoms with Gasteiger partial charge in [-0.3, -0.25) is 9.59 Å². The van der Waals surface area contributed by atoms with Crippen LogP contribution in [0.1, 0.15) is 48.9 Å². The van der Waals surface area contributed by atoms with Crippen molar-refractivity contribution in [3.05, 3.63) is 59.9 Å². The number of nitrogens with one attached hydrogen (secondary N) is 2. The Hall–Kier alpha value is -2.89. The summed E-state index contributed by atoms with van der Waals surface area (Å²) < 4.78 is 19.4. The summed E-state index contributed by atoms with van der Waals surface area (Å²) >= 11 is 0. The van der Waals surface area contributed by atoms with Crippen molar-refractivity contribution in [1.29, 1.82) is 0 Å². The molecule has 0 unspecified atom stereocenters. The van der Waals surface area contributed by atoms with Gasteiger partial charge in [0.1, 0.15) is 11.6 Å². The molecule has 168 valence electrons. The molecule has 2 N–H and O–H groups in total. The molecule has 0 spiro atoms. The van der Waals surface area contributed by atoms with Gasteiger partial charge in [0.25, 0.3) is 11.8 Å². The van der Waals surface area contributed by atoms with Gasteiger partial charge in [-0.05, 0) is 86.0 Å². The van der Waals surface area contributed by atoms with E-state index < -0.39 is 11.7 Å². The first-order valence-electron chi connectivity index (χ1n) is 11.5. The van der Waals surface area contributed by atoms with Crippen LogP contribution in [0.25, 0.3) is 0 Å². The Labute approximate surface area is 187 Å². The first-order chi connectivity index (χ1) is 15.5. The number of para-hydroxylation sites is 2. The fourth-order valence-electron chi connectivity index (χ4n) is 6.54. The van der Waals surface area contributed by atoms with Gasteiger partial charge in [-0.2, -0.15) is 0 Å². The number of hydrogen-bond acceptors (Lipinski definition) is 3. The highest BCUT2D eigenvalue weighted by atomic mass is 19.1. The largest absolute Gasteiger partial charge is 0.483 e. The quantitative estimate of drug-likeness (QED) is 0.656. The molecule has 0 radical (unpaired) electrons. The molecule has 0 aromatic heterocycles. The third kappa shape index (κ3) is 4.36. The third-order valence-electron chi connectivity index (χ3n) is 7.43. The Morgan fingerprint density at radius 2 is 1.56 bits per heavy atom. The van der Waals surface area contributed by atoms with E-state index >= 15 is 0 Å². The van der Waals surface area contributed by atoms with Crippen LogP contribution in [0.3, 0.4) is 0 Å². The molecule has 6 heteroatoms. The van der Waals surface area contributed by atoms with Crippen LogP contribution in [-0.2, 0) is 4.79 Å². The zero-order valence-electron chi connectivity index (χ0n) is 18.1. The van der Waals surface area contributed by atoms with Crippen LogP contribution in [0.5, 0.6) is 5.75 Å². The van der Waals surface area contributed by atoms with E-state index in [1.807, 2.05) is 0 Å². The van der Waals surface area contributed by atoms with Gasteiger partial charge in [0.2, 0.25) is 0 Å². The number of anilines is 1. The van der Waals surface area contributed by atoms with Crippen molar-refractivity contribution in [2.45, 2.75) is 38.5 Å². The minimum Gasteiger partial charge on any atom is -0.483 e. The van der Waals surface area contributed by atoms with Crippen LogP contribution >= 0.6 is 0 Å². The average molecular weight is 437 g/mol. The van der Waals surface area contributed by atoms with Crippen molar-refractivity contribution in [2.75, 3.05) is 18.5 Å². The molecule has 2 amide bonds. The summed E-state index contributed by atoms with van der Waals surface area (Å²) in [6, 6.07) is 12.9. The first-order valence-corrected chi connectivity index (χ1v) is 11.5. The maximum absolute atomic E-state index is 13.7. The summed E-state index contributed by atoms with van der Waals surface area (Å²) in [5, 5.41) is 5.65. The lowest BCUT2D eigenvalue weighted by Crippen LogP contribution is -2.51. The molecule has 32 heavy (non-hydrogen) atoms. The van der Waals surface area contributed by atoms with Gasteiger partial charge in [-0.15, -0.1) is 0 Å². The van der Waals surface area contributed by atoms with Crippen LogP contribution < -0.4 is 15.4 Å². The van der Waals surface area contributed by atoms with Crippen molar-refractivity contribution in [3.63, 3.8) is 0 Å². The highest BCUT2D eigenvalue weighted by Gasteiger charge is 2.50. The molecule has 4 aliphatic rings. The van der Waals surface area contributed by atoms with Crippen molar-refractivity contribution < 1.29 is 18.7 Å². The van der Waals surface area contributed by atoms with Gasteiger partial charge in [0.15, 0.2) is 6.61 Å². The van der Waals surface area contributed by atoms with Gasteiger partial charge in [-0.25, -0.2) is 4.39 Å². The van der Waals surface area contributed by atoms with Gasteiger partial charge in [0.05, 0.1) is 11.3 Å². The molecule has 4 aliphatic carbocycles. The van der Waals surface area contributed by atoms with Crippen LogP contribution in [0, 0.1) is 29.0 Å². The second-order valence-corrected chi connectivity index (χ2v) is 9.91. The zero-order chi connectivity index (χ0) is 22.1. The van der Waals surface area contributed by atoms with Crippen molar-refractivity contribution in [1.82, 2.24) is 5.32 Å². The number of carbonyl (C=O) groups is 2. The van der Waals surface area contributed by atoms with Crippen molar-refractivity contribution >= 4 is 17.5 Å². The van der Waals surface area contributed by atoms with E-state index in [0.29, 0.717) is 17.9 Å². The number of benzene rings is 2. The molecule has 4 saturated carbocycles. The lowest BCUT2D eigenvalue weighted by atomic mass is 9.49. The summed E-state index contributed by atoms with van der Waals surface area (Å²) in [7, 11) is 0. The first kappa shape index (κ1) is 21.0. The average Bonchev–Trinajstić information content (AvgIpc) is 2.77. The van der Waals surface area contributed by atoms with E-state index in [2.05, 4.69) is 10.6 Å².